The number of hydrogen-bond donors (Lipinski definition) is 1. The van der Waals surface area contributed by atoms with E-state index >= 15 is 0 Å². The SMILES string of the molecule is CCCCCCCCCCOC(=O)CCCCCCCC=CCC(O)C(CCCCC)OC(=O)C[N+](C)(CCCCCCCC)CCOC(C)=O. The van der Waals surface area contributed by atoms with Crippen LogP contribution in [0, 0.1) is 0 Å². The van der Waals surface area contributed by atoms with Gasteiger partial charge in [-0.1, -0.05) is 136 Å². The second kappa shape index (κ2) is 35.1. The van der Waals surface area contributed by atoms with Crippen LogP contribution in [0.15, 0.2) is 12.2 Å². The van der Waals surface area contributed by atoms with Crippen molar-refractivity contribution < 1.29 is 38.2 Å². The second-order valence-electron chi connectivity index (χ2n) is 15.1. The number of rotatable bonds is 37. The number of aliphatic hydroxyl groups excluding tert-OH is 1. The lowest BCUT2D eigenvalue weighted by atomic mass is 10.0. The number of likely N-dealkylation sites (N-methyl/N-ethyl adjacent to an activating group) is 1. The van der Waals surface area contributed by atoms with Gasteiger partial charge in [0.25, 0.3) is 0 Å². The highest BCUT2D eigenvalue weighted by atomic mass is 16.6. The van der Waals surface area contributed by atoms with E-state index < -0.39 is 12.2 Å². The summed E-state index contributed by atoms with van der Waals surface area (Å²) in [5, 5.41) is 11.0. The van der Waals surface area contributed by atoms with E-state index in [4.69, 9.17) is 14.2 Å². The van der Waals surface area contributed by atoms with E-state index in [-0.39, 0.29) is 31.1 Å². The molecule has 0 rings (SSSR count). The fourth-order valence-electron chi connectivity index (χ4n) is 6.46. The molecule has 51 heavy (non-hydrogen) atoms. The average molecular weight is 725 g/mol. The van der Waals surface area contributed by atoms with Crippen molar-refractivity contribution in [3.8, 4) is 0 Å². The minimum absolute atomic E-state index is 0.0568. The number of carbonyl (C=O) groups excluding carboxylic acids is 3. The first-order valence-electron chi connectivity index (χ1n) is 21.3. The third-order valence-corrected chi connectivity index (χ3v) is 9.86. The smallest absolute Gasteiger partial charge is 0.362 e. The van der Waals surface area contributed by atoms with Crippen molar-refractivity contribution in [3.05, 3.63) is 12.2 Å². The number of unbranched alkanes of at least 4 members (excludes halogenated alkanes) is 19. The van der Waals surface area contributed by atoms with Gasteiger partial charge in [0.05, 0.1) is 26.3 Å². The van der Waals surface area contributed by atoms with Crippen LogP contribution >= 0.6 is 0 Å². The van der Waals surface area contributed by atoms with Gasteiger partial charge >= 0.3 is 17.9 Å². The molecule has 0 aliphatic heterocycles. The predicted octanol–water partition coefficient (Wildman–Crippen LogP) is 10.6. The number of esters is 3. The summed E-state index contributed by atoms with van der Waals surface area (Å²) in [6.45, 7) is 10.4. The third-order valence-electron chi connectivity index (χ3n) is 9.86. The molecular formula is C43H82NO7+. The zero-order valence-corrected chi connectivity index (χ0v) is 34.1. The van der Waals surface area contributed by atoms with Crippen molar-refractivity contribution in [2.24, 2.45) is 0 Å². The van der Waals surface area contributed by atoms with Crippen molar-refractivity contribution >= 4 is 17.9 Å². The van der Waals surface area contributed by atoms with E-state index in [9.17, 15) is 19.5 Å². The van der Waals surface area contributed by atoms with E-state index in [1.807, 2.05) is 13.1 Å². The number of nitrogens with zero attached hydrogens (tertiary/aromatic N) is 1. The summed E-state index contributed by atoms with van der Waals surface area (Å²) < 4.78 is 17.1. The Labute approximate surface area is 314 Å². The Morgan fingerprint density at radius 3 is 1.78 bits per heavy atom. The van der Waals surface area contributed by atoms with E-state index in [1.54, 1.807) is 0 Å². The summed E-state index contributed by atoms with van der Waals surface area (Å²) in [5.74, 6) is -0.666. The number of ether oxygens (including phenoxy) is 3. The van der Waals surface area contributed by atoms with E-state index in [1.165, 1.54) is 71.1 Å². The maximum atomic E-state index is 13.3. The molecule has 0 saturated carbocycles. The molecule has 0 saturated heterocycles. The maximum Gasteiger partial charge on any atom is 0.362 e. The molecule has 0 aromatic heterocycles. The van der Waals surface area contributed by atoms with Gasteiger partial charge in [0.1, 0.15) is 19.3 Å². The molecule has 0 aliphatic carbocycles. The van der Waals surface area contributed by atoms with Crippen LogP contribution in [0.2, 0.25) is 0 Å². The van der Waals surface area contributed by atoms with Crippen molar-refractivity contribution in [1.29, 1.82) is 0 Å². The fourth-order valence-corrected chi connectivity index (χ4v) is 6.46. The van der Waals surface area contributed by atoms with Gasteiger partial charge in [-0.3, -0.25) is 9.59 Å². The van der Waals surface area contributed by atoms with Crippen LogP contribution in [-0.4, -0.2) is 79.6 Å². The number of carbonyl (C=O) groups is 3. The first-order valence-corrected chi connectivity index (χ1v) is 21.3. The maximum absolute atomic E-state index is 13.3. The molecule has 0 aromatic rings. The number of allylic oxidation sites excluding steroid dienone is 1. The summed E-state index contributed by atoms with van der Waals surface area (Å²) in [5.41, 5.74) is 0. The highest BCUT2D eigenvalue weighted by Crippen LogP contribution is 2.17. The normalized spacial score (nSPS) is 13.9. The Morgan fingerprint density at radius 1 is 0.608 bits per heavy atom. The molecule has 300 valence electrons. The molecule has 3 atom stereocenters. The summed E-state index contributed by atoms with van der Waals surface area (Å²) in [6.07, 6.45) is 30.7. The van der Waals surface area contributed by atoms with Gasteiger partial charge in [-0.25, -0.2) is 4.79 Å². The van der Waals surface area contributed by atoms with Gasteiger partial charge in [0.2, 0.25) is 0 Å². The Bertz CT molecular complexity index is 863. The van der Waals surface area contributed by atoms with Crippen LogP contribution in [-0.2, 0) is 28.6 Å². The van der Waals surface area contributed by atoms with E-state index in [0.717, 1.165) is 90.0 Å². The number of quaternary nitrogens is 1. The summed E-state index contributed by atoms with van der Waals surface area (Å²) in [6, 6.07) is 0. The van der Waals surface area contributed by atoms with Crippen molar-refractivity contribution in [3.63, 3.8) is 0 Å². The molecule has 0 radical (unpaired) electrons. The lowest BCUT2D eigenvalue weighted by molar-refractivity contribution is -0.903. The fraction of sp³-hybridized carbons (Fsp3) is 0.884. The lowest BCUT2D eigenvalue weighted by Gasteiger charge is -2.34. The lowest BCUT2D eigenvalue weighted by Crippen LogP contribution is -2.51. The molecule has 0 fully saturated rings. The molecular weight excluding hydrogens is 642 g/mol. The first kappa shape index (κ1) is 49.1. The molecule has 3 unspecified atom stereocenters. The van der Waals surface area contributed by atoms with Crippen LogP contribution in [0.3, 0.4) is 0 Å². The molecule has 1 N–H and O–H groups in total. The second-order valence-corrected chi connectivity index (χ2v) is 15.1. The molecule has 0 heterocycles. The zero-order valence-electron chi connectivity index (χ0n) is 34.1. The van der Waals surface area contributed by atoms with Crippen molar-refractivity contribution in [2.45, 2.75) is 207 Å². The van der Waals surface area contributed by atoms with E-state index in [2.05, 4.69) is 26.8 Å². The predicted molar refractivity (Wildman–Crippen MR) is 210 cm³/mol. The first-order chi connectivity index (χ1) is 24.7. The Morgan fingerprint density at radius 2 is 1.16 bits per heavy atom. The summed E-state index contributed by atoms with van der Waals surface area (Å²) >= 11 is 0. The van der Waals surface area contributed by atoms with Gasteiger partial charge in [0.15, 0.2) is 6.54 Å². The van der Waals surface area contributed by atoms with E-state index in [0.29, 0.717) is 36.9 Å². The molecule has 8 heteroatoms. The number of hydrogen-bond acceptors (Lipinski definition) is 7. The highest BCUT2D eigenvalue weighted by molar-refractivity contribution is 5.71. The van der Waals surface area contributed by atoms with Crippen LogP contribution in [0.4, 0.5) is 0 Å². The minimum Gasteiger partial charge on any atom is -0.466 e. The topological polar surface area (TPSA) is 99.1 Å². The van der Waals surface area contributed by atoms with Gasteiger partial charge in [-0.2, -0.15) is 0 Å². The van der Waals surface area contributed by atoms with Crippen LogP contribution in [0.25, 0.3) is 0 Å². The monoisotopic (exact) mass is 725 g/mol. The molecule has 0 aliphatic rings. The largest absolute Gasteiger partial charge is 0.466 e. The molecule has 8 nitrogen and oxygen atoms in total. The van der Waals surface area contributed by atoms with Gasteiger partial charge in [-0.15, -0.1) is 0 Å². The van der Waals surface area contributed by atoms with Gasteiger partial charge in [0, 0.05) is 13.3 Å². The van der Waals surface area contributed by atoms with Gasteiger partial charge in [-0.05, 0) is 57.8 Å². The Balaban J connectivity index is 4.46. The standard InChI is InChI=1S/C43H82NO7/c1-6-9-12-14-16-21-25-30-36-50-42(47)33-28-23-20-18-17-19-22-27-31-40(46)41(32-26-11-8-3)51-43(48)38-44(5,35-37-49-39(4)45)34-29-24-15-13-10-7-2/h22,27,40-41,46H,6-21,23-26,28-38H2,1-5H3/q+1. The quantitative estimate of drug-likeness (QED) is 0.0224. The molecule has 0 aromatic carbocycles. The number of aliphatic hydroxyl groups is 1. The van der Waals surface area contributed by atoms with Crippen LogP contribution < -0.4 is 0 Å². The van der Waals surface area contributed by atoms with Crippen molar-refractivity contribution in [2.75, 3.05) is 39.9 Å². The Hall–Kier alpha value is -1.93. The third kappa shape index (κ3) is 32.5. The molecule has 0 spiro atoms. The van der Waals surface area contributed by atoms with Crippen LogP contribution in [0.5, 0.6) is 0 Å². The molecule has 0 bridgehead atoms. The minimum atomic E-state index is -0.740. The summed E-state index contributed by atoms with van der Waals surface area (Å²) in [7, 11) is 2.04. The Kier molecular flexibility index (Phi) is 33.8. The van der Waals surface area contributed by atoms with Gasteiger partial charge < -0.3 is 23.8 Å². The van der Waals surface area contributed by atoms with Crippen LogP contribution in [0.1, 0.15) is 195 Å². The highest BCUT2D eigenvalue weighted by Gasteiger charge is 2.30. The average Bonchev–Trinajstić information content (AvgIpc) is 3.09. The zero-order chi connectivity index (χ0) is 37.8. The summed E-state index contributed by atoms with van der Waals surface area (Å²) in [4.78, 5) is 36.6. The van der Waals surface area contributed by atoms with Crippen molar-refractivity contribution in [1.82, 2.24) is 0 Å². The molecule has 0 amide bonds.